The summed E-state index contributed by atoms with van der Waals surface area (Å²) in [6.07, 6.45) is 9.60. The third kappa shape index (κ3) is 5.49. The zero-order chi connectivity index (χ0) is 15.0. The molecule has 1 aliphatic rings. The van der Waals surface area contributed by atoms with Crippen LogP contribution in [0.15, 0.2) is 36.6 Å². The molecular weight excluding hydrogens is 252 g/mol. The van der Waals surface area contributed by atoms with E-state index in [0.29, 0.717) is 12.5 Å². The molecule has 0 bridgehead atoms. The Hall–Kier alpha value is -1.10. The summed E-state index contributed by atoms with van der Waals surface area (Å²) in [5.41, 5.74) is 6.56. The van der Waals surface area contributed by atoms with Gasteiger partial charge in [-0.2, -0.15) is 0 Å². The molecule has 0 saturated heterocycles. The topological polar surface area (TPSA) is 58.7 Å². The van der Waals surface area contributed by atoms with Crippen LogP contribution in [-0.2, 0) is 4.74 Å². The molecular formula is C16H28N2O2. The van der Waals surface area contributed by atoms with Gasteiger partial charge in [0, 0.05) is 18.8 Å². The molecule has 4 heteroatoms. The largest absolute Gasteiger partial charge is 0.394 e. The summed E-state index contributed by atoms with van der Waals surface area (Å²) in [7, 11) is 0. The van der Waals surface area contributed by atoms with Crippen molar-refractivity contribution in [3.8, 4) is 0 Å². The fourth-order valence-corrected chi connectivity index (χ4v) is 2.25. The highest BCUT2D eigenvalue weighted by molar-refractivity contribution is 5.10. The van der Waals surface area contributed by atoms with Gasteiger partial charge < -0.3 is 20.5 Å². The molecule has 4 nitrogen and oxygen atoms in total. The van der Waals surface area contributed by atoms with Crippen LogP contribution < -0.4 is 5.73 Å². The van der Waals surface area contributed by atoms with Crippen LogP contribution >= 0.6 is 0 Å². The standard InChI is InChI=1S/C16H28N2O2/c1-4-18(14(3)16(17)12-19)9-10-20-15-8-6-5-7-13(2)11-15/h5-8,13,15-16,19H,3-4,9-12,17H2,1-2H3. The van der Waals surface area contributed by atoms with Gasteiger partial charge in [0.25, 0.3) is 0 Å². The highest BCUT2D eigenvalue weighted by Crippen LogP contribution is 2.15. The quantitative estimate of drug-likeness (QED) is 0.710. The van der Waals surface area contributed by atoms with Gasteiger partial charge in [-0.3, -0.25) is 0 Å². The Bertz CT molecular complexity index is 352. The lowest BCUT2D eigenvalue weighted by Gasteiger charge is -2.28. The Labute approximate surface area is 122 Å². The van der Waals surface area contributed by atoms with Crippen molar-refractivity contribution in [2.24, 2.45) is 11.7 Å². The summed E-state index contributed by atoms with van der Waals surface area (Å²) >= 11 is 0. The Morgan fingerprint density at radius 1 is 1.50 bits per heavy atom. The van der Waals surface area contributed by atoms with Crippen LogP contribution in [0.2, 0.25) is 0 Å². The maximum atomic E-state index is 9.08. The van der Waals surface area contributed by atoms with Crippen LogP contribution in [-0.4, -0.2) is 48.5 Å². The summed E-state index contributed by atoms with van der Waals surface area (Å²) < 4.78 is 5.92. The van der Waals surface area contributed by atoms with Gasteiger partial charge in [-0.25, -0.2) is 0 Å². The number of ether oxygens (including phenoxy) is 1. The Morgan fingerprint density at radius 2 is 2.20 bits per heavy atom. The van der Waals surface area contributed by atoms with Crippen LogP contribution in [0.25, 0.3) is 0 Å². The van der Waals surface area contributed by atoms with Gasteiger partial charge in [0.15, 0.2) is 0 Å². The van der Waals surface area contributed by atoms with Crippen LogP contribution in [0.4, 0.5) is 0 Å². The molecule has 0 aliphatic heterocycles. The minimum atomic E-state index is -0.392. The molecule has 0 spiro atoms. The molecule has 114 valence electrons. The summed E-state index contributed by atoms with van der Waals surface area (Å²) in [5, 5.41) is 9.08. The first-order chi connectivity index (χ1) is 9.58. The maximum Gasteiger partial charge on any atom is 0.0765 e. The number of hydrogen-bond donors (Lipinski definition) is 2. The first-order valence-corrected chi connectivity index (χ1v) is 7.35. The molecule has 1 aliphatic carbocycles. The molecule has 3 N–H and O–H groups in total. The van der Waals surface area contributed by atoms with Gasteiger partial charge in [-0.1, -0.05) is 37.8 Å². The lowest BCUT2D eigenvalue weighted by molar-refractivity contribution is 0.0602. The minimum Gasteiger partial charge on any atom is -0.394 e. The molecule has 1 rings (SSSR count). The molecule has 0 saturated carbocycles. The lowest BCUT2D eigenvalue weighted by Crippen LogP contribution is -2.38. The van der Waals surface area contributed by atoms with E-state index in [1.165, 1.54) is 0 Å². The zero-order valence-corrected chi connectivity index (χ0v) is 12.7. The number of nitrogens with zero attached hydrogens (tertiary/aromatic N) is 1. The van der Waals surface area contributed by atoms with Crippen molar-refractivity contribution in [3.05, 3.63) is 36.6 Å². The normalized spacial score (nSPS) is 23.4. The van der Waals surface area contributed by atoms with Crippen molar-refractivity contribution in [2.75, 3.05) is 26.3 Å². The lowest BCUT2D eigenvalue weighted by atomic mass is 10.1. The molecule has 0 aromatic carbocycles. The van der Waals surface area contributed by atoms with E-state index in [-0.39, 0.29) is 12.7 Å². The van der Waals surface area contributed by atoms with Gasteiger partial charge in [-0.15, -0.1) is 0 Å². The van der Waals surface area contributed by atoms with Crippen LogP contribution in [0.5, 0.6) is 0 Å². The summed E-state index contributed by atoms with van der Waals surface area (Å²) in [6.45, 7) is 10.3. The summed E-state index contributed by atoms with van der Waals surface area (Å²) in [5.74, 6) is 0.537. The molecule has 0 amide bonds. The predicted molar refractivity (Wildman–Crippen MR) is 83.2 cm³/mol. The number of rotatable bonds is 8. The number of aliphatic hydroxyl groups is 1. The number of nitrogens with two attached hydrogens (primary N) is 1. The first-order valence-electron chi connectivity index (χ1n) is 7.35. The van der Waals surface area contributed by atoms with Gasteiger partial charge >= 0.3 is 0 Å². The van der Waals surface area contributed by atoms with Crippen molar-refractivity contribution < 1.29 is 9.84 Å². The van der Waals surface area contributed by atoms with E-state index in [1.54, 1.807) is 0 Å². The highest BCUT2D eigenvalue weighted by Gasteiger charge is 2.14. The van der Waals surface area contributed by atoms with Crippen molar-refractivity contribution in [3.63, 3.8) is 0 Å². The first kappa shape index (κ1) is 17.0. The molecule has 0 aromatic rings. The number of aliphatic hydroxyl groups excluding tert-OH is 1. The van der Waals surface area contributed by atoms with E-state index in [0.717, 1.165) is 25.2 Å². The second-order valence-electron chi connectivity index (χ2n) is 5.25. The number of allylic oxidation sites excluding steroid dienone is 3. The van der Waals surface area contributed by atoms with Gasteiger partial charge in [0.2, 0.25) is 0 Å². The monoisotopic (exact) mass is 280 g/mol. The van der Waals surface area contributed by atoms with Crippen LogP contribution in [0.1, 0.15) is 20.3 Å². The van der Waals surface area contributed by atoms with Gasteiger partial charge in [-0.05, 0) is 19.3 Å². The molecule has 0 aromatic heterocycles. The Kier molecular flexibility index (Phi) is 7.59. The third-order valence-corrected chi connectivity index (χ3v) is 3.59. The van der Waals surface area contributed by atoms with Crippen LogP contribution in [0.3, 0.4) is 0 Å². The van der Waals surface area contributed by atoms with E-state index in [1.807, 2.05) is 13.0 Å². The van der Waals surface area contributed by atoms with E-state index >= 15 is 0 Å². The average molecular weight is 280 g/mol. The van der Waals surface area contributed by atoms with E-state index in [4.69, 9.17) is 15.6 Å². The van der Waals surface area contributed by atoms with Crippen molar-refractivity contribution in [2.45, 2.75) is 32.4 Å². The second kappa shape index (κ2) is 8.95. The fraction of sp³-hybridized carbons (Fsp3) is 0.625. The molecule has 0 radical (unpaired) electrons. The average Bonchev–Trinajstić information content (AvgIpc) is 2.66. The van der Waals surface area contributed by atoms with Gasteiger partial charge in [0.05, 0.1) is 25.4 Å². The SMILES string of the molecule is C=C(C(N)CO)N(CC)CCOC1C=CC=CC(C)C1. The Balaban J connectivity index is 2.36. The van der Waals surface area contributed by atoms with E-state index in [2.05, 4.69) is 36.6 Å². The smallest absolute Gasteiger partial charge is 0.0765 e. The summed E-state index contributed by atoms with van der Waals surface area (Å²) in [4.78, 5) is 2.06. The summed E-state index contributed by atoms with van der Waals surface area (Å²) in [6, 6.07) is -0.392. The van der Waals surface area contributed by atoms with Crippen molar-refractivity contribution in [1.82, 2.24) is 4.90 Å². The molecule has 3 atom stereocenters. The van der Waals surface area contributed by atoms with E-state index < -0.39 is 6.04 Å². The molecule has 3 unspecified atom stereocenters. The molecule has 0 fully saturated rings. The molecule has 20 heavy (non-hydrogen) atoms. The zero-order valence-electron chi connectivity index (χ0n) is 12.7. The van der Waals surface area contributed by atoms with E-state index in [9.17, 15) is 0 Å². The predicted octanol–water partition coefficient (Wildman–Crippen LogP) is 1.68. The van der Waals surface area contributed by atoms with Crippen molar-refractivity contribution in [1.29, 1.82) is 0 Å². The van der Waals surface area contributed by atoms with Crippen LogP contribution in [0, 0.1) is 5.92 Å². The number of likely N-dealkylation sites (N-methyl/N-ethyl adjacent to an activating group) is 1. The van der Waals surface area contributed by atoms with Gasteiger partial charge in [0.1, 0.15) is 0 Å². The molecule has 0 heterocycles. The minimum absolute atomic E-state index is 0.0786. The third-order valence-electron chi connectivity index (χ3n) is 3.59. The number of hydrogen-bond acceptors (Lipinski definition) is 4. The second-order valence-corrected chi connectivity index (χ2v) is 5.25. The van der Waals surface area contributed by atoms with Crippen molar-refractivity contribution >= 4 is 0 Å². The highest BCUT2D eigenvalue weighted by atomic mass is 16.5. The Morgan fingerprint density at radius 3 is 2.85 bits per heavy atom. The maximum absolute atomic E-state index is 9.08. The fourth-order valence-electron chi connectivity index (χ4n) is 2.25.